The summed E-state index contributed by atoms with van der Waals surface area (Å²) in [4.78, 5) is 37.8. The predicted octanol–water partition coefficient (Wildman–Crippen LogP) is 3.02. The normalized spacial score (nSPS) is 14.8. The number of thioether (sulfide) groups is 1. The van der Waals surface area contributed by atoms with E-state index in [1.54, 1.807) is 18.7 Å². The van der Waals surface area contributed by atoms with Crippen molar-refractivity contribution in [2.75, 3.05) is 17.3 Å². The Kier molecular flexibility index (Phi) is 8.99. The van der Waals surface area contributed by atoms with Crippen LogP contribution in [-0.2, 0) is 32.0 Å². The second-order valence-corrected chi connectivity index (χ2v) is 8.98. The Bertz CT molecular complexity index is 800. The van der Waals surface area contributed by atoms with E-state index in [9.17, 15) is 19.6 Å². The Morgan fingerprint density at radius 3 is 2.66 bits per heavy atom. The first kappa shape index (κ1) is 23.2. The number of ether oxygens (including phenoxy) is 1. The summed E-state index contributed by atoms with van der Waals surface area (Å²) in [6.45, 7) is 3.09. The van der Waals surface area contributed by atoms with Crippen LogP contribution in [-0.4, -0.2) is 41.9 Å². The van der Waals surface area contributed by atoms with Crippen LogP contribution in [0.15, 0.2) is 0 Å². The SMILES string of the molecule is CC[C@@H](OC(=O)[C@H](CCSC)NC(C)=O)C(=O)Nc1sc2c(c1C#N)CCCC2. The van der Waals surface area contributed by atoms with Crippen LogP contribution in [0.4, 0.5) is 5.00 Å². The first-order valence-electron chi connectivity index (χ1n) is 9.73. The van der Waals surface area contributed by atoms with Crippen molar-refractivity contribution in [3.63, 3.8) is 0 Å². The zero-order chi connectivity index (χ0) is 21.4. The average molecular weight is 438 g/mol. The molecule has 29 heavy (non-hydrogen) atoms. The summed E-state index contributed by atoms with van der Waals surface area (Å²) in [5.41, 5.74) is 1.56. The van der Waals surface area contributed by atoms with Crippen molar-refractivity contribution in [2.24, 2.45) is 0 Å². The lowest BCUT2D eigenvalue weighted by Crippen LogP contribution is -2.44. The molecule has 0 aromatic carbocycles. The third-order valence-electron chi connectivity index (χ3n) is 4.71. The molecule has 0 fully saturated rings. The summed E-state index contributed by atoms with van der Waals surface area (Å²) in [5.74, 6) is -0.729. The number of carbonyl (C=O) groups excluding carboxylic acids is 3. The van der Waals surface area contributed by atoms with E-state index in [0.29, 0.717) is 29.2 Å². The number of thiophene rings is 1. The molecule has 1 aromatic heterocycles. The van der Waals surface area contributed by atoms with Crippen LogP contribution in [0.3, 0.4) is 0 Å². The highest BCUT2D eigenvalue weighted by atomic mass is 32.2. The monoisotopic (exact) mass is 437 g/mol. The molecule has 0 aliphatic heterocycles. The maximum atomic E-state index is 12.7. The van der Waals surface area contributed by atoms with Crippen LogP contribution in [0.5, 0.6) is 0 Å². The number of fused-ring (bicyclic) bond motifs is 1. The standard InChI is InChI=1S/C20H27N3O4S2/c1-4-16(27-20(26)15(9-10-28-3)22-12(2)24)18(25)23-19-14(11-21)13-7-5-6-8-17(13)29-19/h15-16H,4-10H2,1-3H3,(H,22,24)(H,23,25)/t15-,16+/m0/s1. The second-order valence-electron chi connectivity index (χ2n) is 6.88. The van der Waals surface area contributed by atoms with Crippen LogP contribution in [0.25, 0.3) is 0 Å². The first-order chi connectivity index (χ1) is 13.9. The molecule has 158 valence electrons. The van der Waals surface area contributed by atoms with Gasteiger partial charge in [0.1, 0.15) is 17.1 Å². The van der Waals surface area contributed by atoms with Crippen LogP contribution in [0.2, 0.25) is 0 Å². The molecule has 1 aromatic rings. The van der Waals surface area contributed by atoms with Crippen molar-refractivity contribution in [3.8, 4) is 6.07 Å². The number of nitrogens with zero attached hydrogens (tertiary/aromatic N) is 1. The lowest BCUT2D eigenvalue weighted by Gasteiger charge is -2.21. The van der Waals surface area contributed by atoms with Gasteiger partial charge in [-0.1, -0.05) is 6.92 Å². The fourth-order valence-corrected chi connectivity index (χ4v) is 4.95. The number of nitrogens with one attached hydrogen (secondary N) is 2. The lowest BCUT2D eigenvalue weighted by molar-refractivity contribution is -0.157. The summed E-state index contributed by atoms with van der Waals surface area (Å²) in [6, 6.07) is 1.42. The van der Waals surface area contributed by atoms with Gasteiger partial charge in [-0.15, -0.1) is 11.3 Å². The highest BCUT2D eigenvalue weighted by Gasteiger charge is 2.29. The zero-order valence-electron chi connectivity index (χ0n) is 17.0. The van der Waals surface area contributed by atoms with Crippen LogP contribution >= 0.6 is 23.1 Å². The third-order valence-corrected chi connectivity index (χ3v) is 6.57. The van der Waals surface area contributed by atoms with Gasteiger partial charge in [0, 0.05) is 11.8 Å². The summed E-state index contributed by atoms with van der Waals surface area (Å²) in [6.07, 6.45) is 5.54. The summed E-state index contributed by atoms with van der Waals surface area (Å²) >= 11 is 2.99. The molecule has 0 bridgehead atoms. The van der Waals surface area contributed by atoms with E-state index >= 15 is 0 Å². The quantitative estimate of drug-likeness (QED) is 0.575. The predicted molar refractivity (Wildman–Crippen MR) is 115 cm³/mol. The summed E-state index contributed by atoms with van der Waals surface area (Å²) in [7, 11) is 0. The van der Waals surface area contributed by atoms with E-state index in [-0.39, 0.29) is 5.91 Å². The maximum Gasteiger partial charge on any atom is 0.329 e. The Morgan fingerprint density at radius 2 is 2.03 bits per heavy atom. The first-order valence-corrected chi connectivity index (χ1v) is 11.9. The van der Waals surface area contributed by atoms with Gasteiger partial charge >= 0.3 is 5.97 Å². The molecule has 0 radical (unpaired) electrons. The van der Waals surface area contributed by atoms with E-state index in [1.807, 2.05) is 6.26 Å². The molecule has 2 rings (SSSR count). The Hall–Kier alpha value is -2.05. The van der Waals surface area contributed by atoms with Crippen molar-refractivity contribution < 1.29 is 19.1 Å². The molecule has 9 heteroatoms. The lowest BCUT2D eigenvalue weighted by atomic mass is 9.96. The molecule has 0 spiro atoms. The summed E-state index contributed by atoms with van der Waals surface area (Å²) < 4.78 is 5.42. The molecule has 7 nitrogen and oxygen atoms in total. The van der Waals surface area contributed by atoms with Gasteiger partial charge in [-0.2, -0.15) is 17.0 Å². The zero-order valence-corrected chi connectivity index (χ0v) is 18.6. The number of amides is 2. The topological polar surface area (TPSA) is 108 Å². The van der Waals surface area contributed by atoms with Crippen molar-refractivity contribution in [2.45, 2.75) is 64.5 Å². The van der Waals surface area contributed by atoms with Crippen LogP contribution in [0, 0.1) is 11.3 Å². The fourth-order valence-electron chi connectivity index (χ4n) is 3.24. The molecule has 2 atom stereocenters. The van der Waals surface area contributed by atoms with E-state index < -0.39 is 24.0 Å². The molecule has 1 heterocycles. The largest absolute Gasteiger partial charge is 0.451 e. The number of aryl methyl sites for hydroxylation is 1. The number of nitriles is 1. The van der Waals surface area contributed by atoms with Crippen molar-refractivity contribution in [1.82, 2.24) is 5.32 Å². The highest BCUT2D eigenvalue weighted by molar-refractivity contribution is 7.98. The van der Waals surface area contributed by atoms with Crippen LogP contribution < -0.4 is 10.6 Å². The average Bonchev–Trinajstić information content (AvgIpc) is 3.05. The number of esters is 1. The minimum atomic E-state index is -0.987. The smallest absolute Gasteiger partial charge is 0.329 e. The minimum Gasteiger partial charge on any atom is -0.451 e. The number of anilines is 1. The summed E-state index contributed by atoms with van der Waals surface area (Å²) in [5, 5.41) is 15.4. The molecule has 0 saturated heterocycles. The van der Waals surface area contributed by atoms with Crippen molar-refractivity contribution in [1.29, 1.82) is 5.26 Å². The van der Waals surface area contributed by atoms with Gasteiger partial charge in [-0.3, -0.25) is 9.59 Å². The van der Waals surface area contributed by atoms with Gasteiger partial charge in [0.15, 0.2) is 6.10 Å². The maximum absolute atomic E-state index is 12.7. The molecule has 0 saturated carbocycles. The van der Waals surface area contributed by atoms with Crippen LogP contribution in [0.1, 0.15) is 55.5 Å². The Labute approximate surface area is 179 Å². The molecule has 2 N–H and O–H groups in total. The third kappa shape index (κ3) is 6.21. The second kappa shape index (κ2) is 11.2. The Balaban J connectivity index is 2.08. The van der Waals surface area contributed by atoms with Gasteiger partial charge < -0.3 is 15.4 Å². The molecule has 1 aliphatic rings. The van der Waals surface area contributed by atoms with E-state index in [0.717, 1.165) is 36.1 Å². The van der Waals surface area contributed by atoms with Gasteiger partial charge in [0.05, 0.1) is 5.56 Å². The minimum absolute atomic E-state index is 0.292. The number of rotatable bonds is 9. The van der Waals surface area contributed by atoms with Crippen molar-refractivity contribution in [3.05, 3.63) is 16.0 Å². The molecular weight excluding hydrogens is 410 g/mol. The number of carbonyl (C=O) groups is 3. The van der Waals surface area contributed by atoms with E-state index in [2.05, 4.69) is 16.7 Å². The molecule has 2 amide bonds. The molecule has 1 aliphatic carbocycles. The molecular formula is C20H27N3O4S2. The van der Waals surface area contributed by atoms with Gasteiger partial charge in [-0.25, -0.2) is 4.79 Å². The fraction of sp³-hybridized carbons (Fsp3) is 0.600. The number of hydrogen-bond donors (Lipinski definition) is 2. The van der Waals surface area contributed by atoms with E-state index in [1.165, 1.54) is 18.3 Å². The number of hydrogen-bond acceptors (Lipinski definition) is 7. The molecule has 0 unspecified atom stereocenters. The van der Waals surface area contributed by atoms with Gasteiger partial charge in [0.2, 0.25) is 5.91 Å². The highest BCUT2D eigenvalue weighted by Crippen LogP contribution is 2.37. The van der Waals surface area contributed by atoms with Gasteiger partial charge in [0.25, 0.3) is 5.91 Å². The van der Waals surface area contributed by atoms with E-state index in [4.69, 9.17) is 4.74 Å². The van der Waals surface area contributed by atoms with Gasteiger partial charge in [-0.05, 0) is 56.1 Å². The Morgan fingerprint density at radius 1 is 1.31 bits per heavy atom. The van der Waals surface area contributed by atoms with Crippen molar-refractivity contribution >= 4 is 45.9 Å².